The highest BCUT2D eigenvalue weighted by Gasteiger charge is 2.15. The Morgan fingerprint density at radius 1 is 1.05 bits per heavy atom. The lowest BCUT2D eigenvalue weighted by molar-refractivity contribution is 0.0945. The molecule has 5 N–H and O–H groups in total. The van der Waals surface area contributed by atoms with Crippen molar-refractivity contribution in [2.24, 2.45) is 0 Å². The minimum atomic E-state index is -0.596. The zero-order chi connectivity index (χ0) is 26.2. The number of hydrogen-bond acceptors (Lipinski definition) is 6. The van der Waals surface area contributed by atoms with Crippen LogP contribution >= 0.6 is 0 Å². The number of nitrogens with zero attached hydrogens (tertiary/aromatic N) is 3. The fraction of sp³-hybridized carbons (Fsp3) is 0.333. The number of halogens is 1. The molecule has 4 rings (SSSR count). The first-order valence-electron chi connectivity index (χ1n) is 12.4. The van der Waals surface area contributed by atoms with Crippen LogP contribution < -0.4 is 21.7 Å². The predicted molar refractivity (Wildman–Crippen MR) is 141 cm³/mol. The Morgan fingerprint density at radius 3 is 2.57 bits per heavy atom. The lowest BCUT2D eigenvalue weighted by Crippen LogP contribution is -2.37. The van der Waals surface area contributed by atoms with Gasteiger partial charge in [-0.3, -0.25) is 9.78 Å². The van der Waals surface area contributed by atoms with Crippen LogP contribution in [-0.4, -0.2) is 53.0 Å². The monoisotopic (exact) mass is 505 g/mol. The van der Waals surface area contributed by atoms with Crippen molar-refractivity contribution < 1.29 is 14.0 Å². The van der Waals surface area contributed by atoms with E-state index in [9.17, 15) is 14.0 Å². The van der Waals surface area contributed by atoms with Gasteiger partial charge in [-0.15, -0.1) is 0 Å². The van der Waals surface area contributed by atoms with E-state index in [2.05, 4.69) is 30.8 Å². The molecule has 9 nitrogen and oxygen atoms in total. The maximum Gasteiger partial charge on any atom is 0.319 e. The molecule has 1 aromatic carbocycles. The summed E-state index contributed by atoms with van der Waals surface area (Å²) in [5.74, 6) is -0.373. The molecule has 3 amide bonds. The molecule has 0 unspecified atom stereocenters. The van der Waals surface area contributed by atoms with Gasteiger partial charge in [-0.25, -0.2) is 14.2 Å². The third-order valence-electron chi connectivity index (χ3n) is 6.31. The average molecular weight is 506 g/mol. The number of aryl methyl sites for hydroxylation is 1. The molecule has 3 aromatic rings. The van der Waals surface area contributed by atoms with E-state index in [1.165, 1.54) is 31.4 Å². The normalized spacial score (nSPS) is 13.7. The fourth-order valence-corrected chi connectivity index (χ4v) is 4.23. The molecule has 1 saturated heterocycles. The molecule has 0 atom stereocenters. The summed E-state index contributed by atoms with van der Waals surface area (Å²) in [4.78, 5) is 35.7. The summed E-state index contributed by atoms with van der Waals surface area (Å²) in [5, 5.41) is 8.12. The first-order valence-corrected chi connectivity index (χ1v) is 12.4. The van der Waals surface area contributed by atoms with Crippen molar-refractivity contribution in [3.63, 3.8) is 0 Å². The van der Waals surface area contributed by atoms with E-state index in [0.29, 0.717) is 34.9 Å². The topological polar surface area (TPSA) is 125 Å². The van der Waals surface area contributed by atoms with E-state index in [1.807, 2.05) is 0 Å². The van der Waals surface area contributed by atoms with Crippen LogP contribution in [0.15, 0.2) is 48.7 Å². The molecule has 1 fully saturated rings. The van der Waals surface area contributed by atoms with Gasteiger partial charge in [0, 0.05) is 31.4 Å². The summed E-state index contributed by atoms with van der Waals surface area (Å²) in [6.45, 7) is 5.58. The van der Waals surface area contributed by atoms with E-state index in [4.69, 9.17) is 5.73 Å². The number of anilines is 2. The molecule has 194 valence electrons. The van der Waals surface area contributed by atoms with Gasteiger partial charge in [0.15, 0.2) is 0 Å². The number of nitrogens with one attached hydrogen (secondary N) is 3. The molecule has 10 heteroatoms. The molecule has 2 aromatic heterocycles. The first-order chi connectivity index (χ1) is 17.9. The lowest BCUT2D eigenvalue weighted by Gasteiger charge is -2.26. The van der Waals surface area contributed by atoms with Gasteiger partial charge in [0.2, 0.25) is 0 Å². The number of amides is 3. The highest BCUT2D eigenvalue weighted by Crippen LogP contribution is 2.24. The van der Waals surface area contributed by atoms with E-state index >= 15 is 0 Å². The third-order valence-corrected chi connectivity index (χ3v) is 6.31. The van der Waals surface area contributed by atoms with Crippen LogP contribution in [0.4, 0.5) is 20.7 Å². The number of nitrogen functional groups attached to an aromatic ring is 1. The molecule has 37 heavy (non-hydrogen) atoms. The molecule has 0 saturated carbocycles. The van der Waals surface area contributed by atoms with Crippen LogP contribution in [0.3, 0.4) is 0 Å². The number of aromatic nitrogens is 2. The van der Waals surface area contributed by atoms with E-state index in [-0.39, 0.29) is 18.1 Å². The number of pyridine rings is 2. The summed E-state index contributed by atoms with van der Waals surface area (Å²) in [6, 6.07) is 10.7. The molecule has 3 heterocycles. The summed E-state index contributed by atoms with van der Waals surface area (Å²) in [6.07, 6.45) is 5.27. The summed E-state index contributed by atoms with van der Waals surface area (Å²) >= 11 is 0. The minimum Gasteiger partial charge on any atom is -0.384 e. The van der Waals surface area contributed by atoms with Gasteiger partial charge in [0.05, 0.1) is 22.6 Å². The molecule has 0 spiro atoms. The SMILES string of the molecule is Cc1nc(-c2ccc(NC(=O)NCc3ccc(N)nc3)c(F)c2)ccc1C(=O)NCCN1CCCCC1. The van der Waals surface area contributed by atoms with Crippen molar-refractivity contribution in [3.05, 3.63) is 71.3 Å². The van der Waals surface area contributed by atoms with Gasteiger partial charge in [0.25, 0.3) is 5.91 Å². The molecule has 1 aliphatic rings. The Morgan fingerprint density at radius 2 is 1.86 bits per heavy atom. The standard InChI is InChI=1S/C27H32FN7O2/c1-18-21(26(36)30-11-14-35-12-3-2-4-13-35)7-9-23(33-18)20-6-8-24(22(28)15-20)34-27(37)32-17-19-5-10-25(29)31-16-19/h5-10,15-16H,2-4,11-14,17H2,1H3,(H2,29,31)(H,30,36)(H2,32,34,37). The Kier molecular flexibility index (Phi) is 8.63. The van der Waals surface area contributed by atoms with Crippen molar-refractivity contribution in [2.75, 3.05) is 37.2 Å². The van der Waals surface area contributed by atoms with Gasteiger partial charge in [-0.2, -0.15) is 0 Å². The number of urea groups is 1. The fourth-order valence-electron chi connectivity index (χ4n) is 4.23. The second kappa shape index (κ2) is 12.3. The maximum absolute atomic E-state index is 14.7. The minimum absolute atomic E-state index is 0.0399. The van der Waals surface area contributed by atoms with E-state index < -0.39 is 11.8 Å². The Labute approximate surface area is 215 Å². The summed E-state index contributed by atoms with van der Waals surface area (Å²) in [5.41, 5.74) is 8.48. The van der Waals surface area contributed by atoms with E-state index in [1.54, 1.807) is 43.5 Å². The van der Waals surface area contributed by atoms with Crippen molar-refractivity contribution in [1.82, 2.24) is 25.5 Å². The van der Waals surface area contributed by atoms with Crippen molar-refractivity contribution >= 4 is 23.4 Å². The van der Waals surface area contributed by atoms with E-state index in [0.717, 1.165) is 25.2 Å². The van der Waals surface area contributed by atoms with Crippen molar-refractivity contribution in [2.45, 2.75) is 32.7 Å². The summed E-state index contributed by atoms with van der Waals surface area (Å²) < 4.78 is 14.7. The van der Waals surface area contributed by atoms with Crippen molar-refractivity contribution in [3.8, 4) is 11.3 Å². The largest absolute Gasteiger partial charge is 0.384 e. The van der Waals surface area contributed by atoms with Crippen LogP contribution in [0.5, 0.6) is 0 Å². The van der Waals surface area contributed by atoms with Gasteiger partial charge in [-0.05, 0) is 68.8 Å². The van der Waals surface area contributed by atoms with Gasteiger partial charge < -0.3 is 26.6 Å². The molecular weight excluding hydrogens is 473 g/mol. The van der Waals surface area contributed by atoms with Crippen LogP contribution in [0, 0.1) is 12.7 Å². The highest BCUT2D eigenvalue weighted by atomic mass is 19.1. The Bertz CT molecular complexity index is 1240. The number of nitrogens with two attached hydrogens (primary N) is 1. The number of carbonyl (C=O) groups is 2. The quantitative estimate of drug-likeness (QED) is 0.370. The van der Waals surface area contributed by atoms with Crippen LogP contribution in [-0.2, 0) is 6.54 Å². The predicted octanol–water partition coefficient (Wildman–Crippen LogP) is 3.71. The number of rotatable bonds is 8. The zero-order valence-corrected chi connectivity index (χ0v) is 20.9. The number of hydrogen-bond donors (Lipinski definition) is 4. The molecule has 0 radical (unpaired) electrons. The highest BCUT2D eigenvalue weighted by molar-refractivity contribution is 5.95. The third kappa shape index (κ3) is 7.23. The smallest absolute Gasteiger partial charge is 0.319 e. The van der Waals surface area contributed by atoms with Crippen LogP contribution in [0.2, 0.25) is 0 Å². The number of piperidine rings is 1. The van der Waals surface area contributed by atoms with Gasteiger partial charge in [-0.1, -0.05) is 18.6 Å². The first kappa shape index (κ1) is 26.0. The second-order valence-corrected chi connectivity index (χ2v) is 9.08. The van der Waals surface area contributed by atoms with Crippen molar-refractivity contribution in [1.29, 1.82) is 0 Å². The zero-order valence-electron chi connectivity index (χ0n) is 20.9. The number of likely N-dealkylation sites (tertiary alicyclic amines) is 1. The Hall–Kier alpha value is -4.05. The maximum atomic E-state index is 14.7. The average Bonchev–Trinajstić information content (AvgIpc) is 2.90. The van der Waals surface area contributed by atoms with Gasteiger partial charge >= 0.3 is 6.03 Å². The molecule has 1 aliphatic heterocycles. The van der Waals surface area contributed by atoms with Crippen LogP contribution in [0.25, 0.3) is 11.3 Å². The number of carbonyl (C=O) groups excluding carboxylic acids is 2. The lowest BCUT2D eigenvalue weighted by atomic mass is 10.1. The summed E-state index contributed by atoms with van der Waals surface area (Å²) in [7, 11) is 0. The molecule has 0 bridgehead atoms. The Balaban J connectivity index is 1.32. The molecule has 0 aliphatic carbocycles. The second-order valence-electron chi connectivity index (χ2n) is 9.08. The van der Waals surface area contributed by atoms with Gasteiger partial charge in [0.1, 0.15) is 11.6 Å². The number of benzene rings is 1. The molecular formula is C27H32FN7O2. The van der Waals surface area contributed by atoms with Crippen LogP contribution in [0.1, 0.15) is 40.9 Å².